The van der Waals surface area contributed by atoms with Crippen molar-refractivity contribution >= 4 is 0 Å². The van der Waals surface area contributed by atoms with Gasteiger partial charge in [-0.3, -0.25) is 0 Å². The standard InChI is InChI=1S/C8H18O7/c9-1-5(13)7(3-11)15-8(4-12)6(14)2-10/h5-14H,1-4H2. The molecule has 0 heterocycles. The van der Waals surface area contributed by atoms with E-state index in [4.69, 9.17) is 35.4 Å². The van der Waals surface area contributed by atoms with E-state index in [1.54, 1.807) is 0 Å². The van der Waals surface area contributed by atoms with Crippen molar-refractivity contribution in [2.45, 2.75) is 24.4 Å². The van der Waals surface area contributed by atoms with Gasteiger partial charge in [0.25, 0.3) is 0 Å². The molecular weight excluding hydrogens is 208 g/mol. The van der Waals surface area contributed by atoms with Crippen LogP contribution >= 0.6 is 0 Å². The van der Waals surface area contributed by atoms with E-state index in [-0.39, 0.29) is 0 Å². The van der Waals surface area contributed by atoms with Crippen molar-refractivity contribution in [3.05, 3.63) is 0 Å². The molecule has 4 unspecified atom stereocenters. The molecule has 0 saturated carbocycles. The molecule has 6 N–H and O–H groups in total. The van der Waals surface area contributed by atoms with Crippen LogP contribution in [0.1, 0.15) is 0 Å². The van der Waals surface area contributed by atoms with E-state index in [2.05, 4.69) is 0 Å². The van der Waals surface area contributed by atoms with Gasteiger partial charge in [0.05, 0.1) is 26.4 Å². The maximum Gasteiger partial charge on any atom is 0.109 e. The SMILES string of the molecule is OCC(O)C(CO)OC(CO)C(O)CO. The maximum atomic E-state index is 9.16. The molecular formula is C8H18O7. The fourth-order valence-electron chi connectivity index (χ4n) is 0.970. The first-order valence-corrected chi connectivity index (χ1v) is 4.55. The molecule has 0 bridgehead atoms. The van der Waals surface area contributed by atoms with Crippen molar-refractivity contribution in [3.8, 4) is 0 Å². The van der Waals surface area contributed by atoms with Gasteiger partial charge < -0.3 is 35.4 Å². The molecule has 0 radical (unpaired) electrons. The van der Waals surface area contributed by atoms with E-state index in [1.807, 2.05) is 0 Å². The Kier molecular flexibility index (Phi) is 7.79. The quantitative estimate of drug-likeness (QED) is 0.252. The van der Waals surface area contributed by atoms with Crippen LogP contribution in [0.4, 0.5) is 0 Å². The van der Waals surface area contributed by atoms with E-state index in [0.29, 0.717) is 0 Å². The van der Waals surface area contributed by atoms with Crippen molar-refractivity contribution < 1.29 is 35.4 Å². The molecule has 0 aromatic carbocycles. The van der Waals surface area contributed by atoms with E-state index >= 15 is 0 Å². The molecule has 4 atom stereocenters. The van der Waals surface area contributed by atoms with E-state index in [0.717, 1.165) is 0 Å². The van der Waals surface area contributed by atoms with Gasteiger partial charge in [-0.25, -0.2) is 0 Å². The summed E-state index contributed by atoms with van der Waals surface area (Å²) >= 11 is 0. The van der Waals surface area contributed by atoms with Crippen LogP contribution < -0.4 is 0 Å². The lowest BCUT2D eigenvalue weighted by atomic mass is 10.2. The first kappa shape index (κ1) is 14.7. The Hall–Kier alpha value is -0.280. The van der Waals surface area contributed by atoms with Crippen LogP contribution in [0.15, 0.2) is 0 Å². The Morgan fingerprint density at radius 3 is 1.20 bits per heavy atom. The minimum absolute atomic E-state index is 0.573. The highest BCUT2D eigenvalue weighted by molar-refractivity contribution is 4.73. The predicted octanol–water partition coefficient (Wildman–Crippen LogP) is -3.57. The normalized spacial score (nSPS) is 19.6. The molecule has 7 heteroatoms. The van der Waals surface area contributed by atoms with Crippen LogP contribution in [0.3, 0.4) is 0 Å². The average molecular weight is 226 g/mol. The average Bonchev–Trinajstić information content (AvgIpc) is 2.28. The summed E-state index contributed by atoms with van der Waals surface area (Å²) in [7, 11) is 0. The third kappa shape index (κ3) is 4.85. The van der Waals surface area contributed by atoms with Crippen molar-refractivity contribution in [1.82, 2.24) is 0 Å². The highest BCUT2D eigenvalue weighted by Gasteiger charge is 2.26. The highest BCUT2D eigenvalue weighted by atomic mass is 16.5. The van der Waals surface area contributed by atoms with Gasteiger partial charge in [-0.2, -0.15) is 0 Å². The summed E-state index contributed by atoms with van der Waals surface area (Å²) in [5, 5.41) is 53.1. The van der Waals surface area contributed by atoms with Gasteiger partial charge in [0.2, 0.25) is 0 Å². The first-order chi connectivity index (χ1) is 7.10. The summed E-state index contributed by atoms with van der Waals surface area (Å²) < 4.78 is 4.93. The Bertz CT molecular complexity index is 138. The predicted molar refractivity (Wildman–Crippen MR) is 49.0 cm³/mol. The Morgan fingerprint density at radius 1 is 0.667 bits per heavy atom. The van der Waals surface area contributed by atoms with Gasteiger partial charge in [-0.05, 0) is 0 Å². The molecule has 0 fully saturated rings. The molecule has 0 aliphatic carbocycles. The van der Waals surface area contributed by atoms with E-state index in [9.17, 15) is 0 Å². The number of ether oxygens (including phenoxy) is 1. The summed E-state index contributed by atoms with van der Waals surface area (Å²) in [6.07, 6.45) is -4.86. The second-order valence-electron chi connectivity index (χ2n) is 3.08. The molecule has 0 aromatic rings. The highest BCUT2D eigenvalue weighted by Crippen LogP contribution is 2.06. The van der Waals surface area contributed by atoms with Gasteiger partial charge in [0.1, 0.15) is 24.4 Å². The summed E-state index contributed by atoms with van der Waals surface area (Å²) in [6.45, 7) is -2.37. The molecule has 15 heavy (non-hydrogen) atoms. The Morgan fingerprint density at radius 2 is 1.00 bits per heavy atom. The fraction of sp³-hybridized carbons (Fsp3) is 1.00. The minimum Gasteiger partial charge on any atom is -0.394 e. The largest absolute Gasteiger partial charge is 0.394 e. The Labute approximate surface area is 87.2 Å². The zero-order chi connectivity index (χ0) is 11.8. The van der Waals surface area contributed by atoms with Crippen LogP contribution in [0.2, 0.25) is 0 Å². The number of aliphatic hydroxyl groups is 6. The minimum atomic E-state index is -1.31. The third-order valence-corrected chi connectivity index (χ3v) is 1.94. The summed E-state index contributed by atoms with van der Waals surface area (Å²) in [4.78, 5) is 0. The fourth-order valence-corrected chi connectivity index (χ4v) is 0.970. The number of hydrogen-bond acceptors (Lipinski definition) is 7. The zero-order valence-electron chi connectivity index (χ0n) is 8.23. The summed E-state index contributed by atoms with van der Waals surface area (Å²) in [6, 6.07) is 0. The van der Waals surface area contributed by atoms with Crippen LogP contribution in [0.25, 0.3) is 0 Å². The smallest absolute Gasteiger partial charge is 0.109 e. The van der Waals surface area contributed by atoms with Gasteiger partial charge in [0.15, 0.2) is 0 Å². The van der Waals surface area contributed by atoms with Crippen molar-refractivity contribution in [2.24, 2.45) is 0 Å². The molecule has 0 aliphatic rings. The Balaban J connectivity index is 4.23. The monoisotopic (exact) mass is 226 g/mol. The molecule has 0 aromatic heterocycles. The number of aliphatic hydroxyl groups excluding tert-OH is 6. The lowest BCUT2D eigenvalue weighted by Gasteiger charge is -2.27. The second kappa shape index (κ2) is 7.94. The number of rotatable bonds is 8. The first-order valence-electron chi connectivity index (χ1n) is 4.55. The van der Waals surface area contributed by atoms with Gasteiger partial charge >= 0.3 is 0 Å². The molecule has 7 nitrogen and oxygen atoms in total. The number of hydrogen-bond donors (Lipinski definition) is 6. The van der Waals surface area contributed by atoms with E-state index < -0.39 is 50.8 Å². The molecule has 0 saturated heterocycles. The maximum absolute atomic E-state index is 9.16. The van der Waals surface area contributed by atoms with Crippen LogP contribution in [-0.4, -0.2) is 81.5 Å². The van der Waals surface area contributed by atoms with Crippen LogP contribution in [0.5, 0.6) is 0 Å². The molecule has 0 amide bonds. The zero-order valence-corrected chi connectivity index (χ0v) is 8.23. The van der Waals surface area contributed by atoms with Crippen molar-refractivity contribution in [3.63, 3.8) is 0 Å². The second-order valence-corrected chi connectivity index (χ2v) is 3.08. The summed E-state index contributed by atoms with van der Waals surface area (Å²) in [5.74, 6) is 0. The van der Waals surface area contributed by atoms with Crippen molar-refractivity contribution in [1.29, 1.82) is 0 Å². The third-order valence-electron chi connectivity index (χ3n) is 1.94. The molecule has 0 rings (SSSR count). The topological polar surface area (TPSA) is 131 Å². The summed E-state index contributed by atoms with van der Waals surface area (Å²) in [5.41, 5.74) is 0. The van der Waals surface area contributed by atoms with Crippen LogP contribution in [-0.2, 0) is 4.74 Å². The van der Waals surface area contributed by atoms with E-state index in [1.165, 1.54) is 0 Å². The van der Waals surface area contributed by atoms with Gasteiger partial charge in [0, 0.05) is 0 Å². The molecule has 0 aliphatic heterocycles. The van der Waals surface area contributed by atoms with Crippen molar-refractivity contribution in [2.75, 3.05) is 26.4 Å². The lowest BCUT2D eigenvalue weighted by molar-refractivity contribution is -0.156. The van der Waals surface area contributed by atoms with Gasteiger partial charge in [-0.1, -0.05) is 0 Å². The molecule has 92 valence electrons. The lowest BCUT2D eigenvalue weighted by Crippen LogP contribution is -2.44. The molecule has 0 spiro atoms. The van der Waals surface area contributed by atoms with Crippen LogP contribution in [0, 0.1) is 0 Å². The van der Waals surface area contributed by atoms with Gasteiger partial charge in [-0.15, -0.1) is 0 Å².